The van der Waals surface area contributed by atoms with Crippen molar-refractivity contribution in [2.45, 2.75) is 38.0 Å². The third-order valence-electron chi connectivity index (χ3n) is 5.40. The zero-order valence-electron chi connectivity index (χ0n) is 15.0. The van der Waals surface area contributed by atoms with Crippen LogP contribution in [-0.4, -0.2) is 25.6 Å². The summed E-state index contributed by atoms with van der Waals surface area (Å²) in [6.07, 6.45) is 11.6. The minimum absolute atomic E-state index is 0.0163. The molecule has 0 bridgehead atoms. The lowest BCUT2D eigenvalue weighted by atomic mass is 10.0. The Morgan fingerprint density at radius 1 is 1.11 bits per heavy atom. The van der Waals surface area contributed by atoms with Crippen molar-refractivity contribution in [2.24, 2.45) is 0 Å². The minimum Gasteiger partial charge on any atom is -0.383 e. The van der Waals surface area contributed by atoms with Gasteiger partial charge in [-0.2, -0.15) is 0 Å². The number of nitrogens with zero attached hydrogens (tertiary/aromatic N) is 4. The zero-order valence-corrected chi connectivity index (χ0v) is 15.0. The average molecular weight is 359 g/mol. The predicted molar refractivity (Wildman–Crippen MR) is 105 cm³/mol. The van der Waals surface area contributed by atoms with Crippen LogP contribution in [0.1, 0.15) is 31.1 Å². The second-order valence-electron chi connectivity index (χ2n) is 7.11. The molecule has 27 heavy (non-hydrogen) atoms. The van der Waals surface area contributed by atoms with Gasteiger partial charge < -0.3 is 15.0 Å². The lowest BCUT2D eigenvalue weighted by Gasteiger charge is -2.16. The van der Waals surface area contributed by atoms with Crippen LogP contribution in [0, 0.1) is 0 Å². The fourth-order valence-corrected chi connectivity index (χ4v) is 3.94. The average Bonchev–Trinajstić information content (AvgIpc) is 3.33. The highest BCUT2D eigenvalue weighted by Crippen LogP contribution is 2.33. The molecule has 4 heterocycles. The van der Waals surface area contributed by atoms with Crippen LogP contribution < -0.4 is 5.73 Å². The van der Waals surface area contributed by atoms with Crippen molar-refractivity contribution in [3.8, 4) is 0 Å². The van der Waals surface area contributed by atoms with Crippen LogP contribution in [0.2, 0.25) is 0 Å². The Morgan fingerprint density at radius 3 is 3.04 bits per heavy atom. The van der Waals surface area contributed by atoms with Gasteiger partial charge >= 0.3 is 0 Å². The van der Waals surface area contributed by atoms with Crippen molar-refractivity contribution >= 4 is 27.6 Å². The Balaban J connectivity index is 1.27. The summed E-state index contributed by atoms with van der Waals surface area (Å²) in [5.41, 5.74) is 8.11. The van der Waals surface area contributed by atoms with E-state index in [-0.39, 0.29) is 12.3 Å². The summed E-state index contributed by atoms with van der Waals surface area (Å²) in [6, 6.07) is 10.6. The molecule has 1 aliphatic rings. The van der Waals surface area contributed by atoms with E-state index in [1.165, 1.54) is 22.7 Å². The number of anilines is 1. The van der Waals surface area contributed by atoms with Gasteiger partial charge in [0.1, 0.15) is 24.0 Å². The summed E-state index contributed by atoms with van der Waals surface area (Å²) in [5, 5.41) is 3.30. The maximum Gasteiger partial charge on any atom is 0.147 e. The number of benzene rings is 1. The smallest absolute Gasteiger partial charge is 0.147 e. The zero-order chi connectivity index (χ0) is 18.2. The van der Waals surface area contributed by atoms with Crippen molar-refractivity contribution in [2.75, 3.05) is 5.73 Å². The number of nitrogens with two attached hydrogens (primary N) is 1. The molecule has 1 saturated heterocycles. The highest BCUT2D eigenvalue weighted by Gasteiger charge is 2.27. The molecule has 1 fully saturated rings. The molecule has 0 spiro atoms. The summed E-state index contributed by atoms with van der Waals surface area (Å²) in [7, 11) is 0. The first-order valence-electron chi connectivity index (χ1n) is 9.33. The maximum atomic E-state index is 6.31. The first-order chi connectivity index (χ1) is 13.3. The van der Waals surface area contributed by atoms with Crippen LogP contribution in [0.25, 0.3) is 21.8 Å². The monoisotopic (exact) mass is 359 g/mol. The molecule has 0 amide bonds. The van der Waals surface area contributed by atoms with Crippen LogP contribution in [0.3, 0.4) is 0 Å². The number of hydrogen-bond donors (Lipinski definition) is 1. The number of fused-ring (bicyclic) bond motifs is 2. The number of nitrogen functional groups attached to an aromatic ring is 1. The van der Waals surface area contributed by atoms with Gasteiger partial charge in [-0.05, 0) is 54.8 Å². The first kappa shape index (κ1) is 16.2. The molecule has 0 saturated carbocycles. The van der Waals surface area contributed by atoms with Crippen LogP contribution in [0.4, 0.5) is 5.82 Å². The van der Waals surface area contributed by atoms with Crippen molar-refractivity contribution < 1.29 is 4.74 Å². The van der Waals surface area contributed by atoms with Gasteiger partial charge in [0.05, 0.1) is 11.5 Å². The van der Waals surface area contributed by atoms with Gasteiger partial charge in [-0.3, -0.25) is 4.98 Å². The minimum atomic E-state index is 0.0163. The molecule has 0 aliphatic carbocycles. The molecule has 2 N–H and O–H groups in total. The summed E-state index contributed by atoms with van der Waals surface area (Å²) in [6.45, 7) is 0. The molecule has 0 radical (unpaired) electrons. The molecule has 5 rings (SSSR count). The third kappa shape index (κ3) is 3.02. The van der Waals surface area contributed by atoms with Gasteiger partial charge in [0, 0.05) is 24.0 Å². The van der Waals surface area contributed by atoms with Crippen LogP contribution in [0.15, 0.2) is 55.2 Å². The molecule has 6 nitrogen and oxygen atoms in total. The SMILES string of the molecule is Nc1ncnc2c1ccn2C1CCC(CCc2ccc3ccncc3c2)O1. The van der Waals surface area contributed by atoms with Crippen molar-refractivity contribution in [1.82, 2.24) is 19.5 Å². The molecule has 2 unspecified atom stereocenters. The number of aryl methyl sites for hydroxylation is 1. The Hall–Kier alpha value is -2.99. The highest BCUT2D eigenvalue weighted by molar-refractivity contribution is 5.86. The summed E-state index contributed by atoms with van der Waals surface area (Å²) in [5.74, 6) is 0.513. The van der Waals surface area contributed by atoms with Gasteiger partial charge in [-0.25, -0.2) is 9.97 Å². The number of ether oxygens (including phenoxy) is 1. The molecular formula is C21H21N5O. The third-order valence-corrected chi connectivity index (χ3v) is 5.40. The maximum absolute atomic E-state index is 6.31. The summed E-state index contributed by atoms with van der Waals surface area (Å²) in [4.78, 5) is 12.6. The van der Waals surface area contributed by atoms with E-state index in [9.17, 15) is 0 Å². The Labute approximate surface area is 157 Å². The molecule has 1 aromatic carbocycles. The van der Waals surface area contributed by atoms with Crippen LogP contribution in [0.5, 0.6) is 0 Å². The van der Waals surface area contributed by atoms with Gasteiger partial charge in [-0.15, -0.1) is 0 Å². The number of rotatable bonds is 4. The molecule has 2 atom stereocenters. The van der Waals surface area contributed by atoms with E-state index in [0.29, 0.717) is 5.82 Å². The molecule has 4 aromatic rings. The van der Waals surface area contributed by atoms with E-state index >= 15 is 0 Å². The number of aromatic nitrogens is 4. The first-order valence-corrected chi connectivity index (χ1v) is 9.33. The quantitative estimate of drug-likeness (QED) is 0.598. The van der Waals surface area contributed by atoms with Gasteiger partial charge in [-0.1, -0.05) is 12.1 Å². The summed E-state index contributed by atoms with van der Waals surface area (Å²) >= 11 is 0. The second-order valence-corrected chi connectivity index (χ2v) is 7.11. The number of pyridine rings is 1. The second kappa shape index (κ2) is 6.63. The molecular weight excluding hydrogens is 338 g/mol. The van der Waals surface area contributed by atoms with E-state index in [4.69, 9.17) is 10.5 Å². The van der Waals surface area contributed by atoms with Crippen molar-refractivity contribution in [3.05, 3.63) is 60.8 Å². The van der Waals surface area contributed by atoms with Gasteiger partial charge in [0.25, 0.3) is 0 Å². The fourth-order valence-electron chi connectivity index (χ4n) is 3.94. The number of hydrogen-bond acceptors (Lipinski definition) is 5. The lowest BCUT2D eigenvalue weighted by Crippen LogP contribution is -2.12. The predicted octanol–water partition coefficient (Wildman–Crippen LogP) is 3.87. The van der Waals surface area contributed by atoms with Crippen molar-refractivity contribution in [3.63, 3.8) is 0 Å². The van der Waals surface area contributed by atoms with E-state index < -0.39 is 0 Å². The lowest BCUT2D eigenvalue weighted by molar-refractivity contribution is 0.00120. The van der Waals surface area contributed by atoms with Gasteiger partial charge in [0.2, 0.25) is 0 Å². The van der Waals surface area contributed by atoms with Gasteiger partial charge in [0.15, 0.2) is 0 Å². The topological polar surface area (TPSA) is 78.9 Å². The van der Waals surface area contributed by atoms with Crippen LogP contribution >= 0.6 is 0 Å². The molecule has 6 heteroatoms. The standard InChI is InChI=1S/C21H21N5O/c22-20-18-8-10-26(21(18)25-13-24-20)19-6-5-17(27-19)4-2-14-1-3-15-7-9-23-12-16(15)11-14/h1,3,7-13,17,19H,2,4-6H2,(H2,22,24,25). The fraction of sp³-hybridized carbons (Fsp3) is 0.286. The Kier molecular flexibility index (Phi) is 3.98. The van der Waals surface area contributed by atoms with Crippen LogP contribution in [-0.2, 0) is 11.2 Å². The molecule has 136 valence electrons. The normalized spacial score (nSPS) is 19.9. The Morgan fingerprint density at radius 2 is 2.07 bits per heavy atom. The Bertz CT molecular complexity index is 1110. The van der Waals surface area contributed by atoms with Crippen molar-refractivity contribution in [1.29, 1.82) is 0 Å². The largest absolute Gasteiger partial charge is 0.383 e. The van der Waals surface area contributed by atoms with E-state index in [1.807, 2.05) is 30.7 Å². The van der Waals surface area contributed by atoms with E-state index in [2.05, 4.69) is 37.7 Å². The summed E-state index contributed by atoms with van der Waals surface area (Å²) < 4.78 is 8.39. The van der Waals surface area contributed by atoms with E-state index in [0.717, 1.165) is 36.7 Å². The molecule has 3 aromatic heterocycles. The van der Waals surface area contributed by atoms with E-state index in [1.54, 1.807) is 0 Å². The molecule has 1 aliphatic heterocycles. The highest BCUT2D eigenvalue weighted by atomic mass is 16.5.